The topological polar surface area (TPSA) is 111 Å². The Hall–Kier alpha value is -1.07. The molecule has 0 aliphatic carbocycles. The van der Waals surface area contributed by atoms with Crippen molar-refractivity contribution in [3.63, 3.8) is 0 Å². The highest BCUT2D eigenvalue weighted by atomic mass is 79.9. The monoisotopic (exact) mass is 395 g/mol. The highest BCUT2D eigenvalue weighted by molar-refractivity contribution is 9.10. The van der Waals surface area contributed by atoms with Crippen LogP contribution in [0, 0.1) is 17.0 Å². The van der Waals surface area contributed by atoms with Crippen LogP contribution in [0.4, 0.5) is 5.69 Å². The molecule has 2 N–H and O–H groups in total. The van der Waals surface area contributed by atoms with Gasteiger partial charge in [-0.25, -0.2) is 13.1 Å². The van der Waals surface area contributed by atoms with Crippen LogP contribution < -0.4 is 10.0 Å². The summed E-state index contributed by atoms with van der Waals surface area (Å²) in [6.07, 6.45) is 0. The van der Waals surface area contributed by atoms with Gasteiger partial charge in [-0.15, -0.1) is 0 Å². The van der Waals surface area contributed by atoms with Crippen LogP contribution in [-0.2, 0) is 14.8 Å². The van der Waals surface area contributed by atoms with Crippen LogP contribution in [0.5, 0.6) is 0 Å². The average Bonchev–Trinajstić information content (AvgIpc) is 2.44. The van der Waals surface area contributed by atoms with Crippen LogP contribution in [0.3, 0.4) is 0 Å². The highest BCUT2D eigenvalue weighted by Crippen LogP contribution is 2.29. The van der Waals surface area contributed by atoms with Crippen molar-refractivity contribution in [1.82, 2.24) is 10.0 Å². The minimum atomic E-state index is -3.80. The zero-order chi connectivity index (χ0) is 16.8. The van der Waals surface area contributed by atoms with Crippen LogP contribution in [0.25, 0.3) is 0 Å². The summed E-state index contributed by atoms with van der Waals surface area (Å²) < 4.78 is 31.9. The van der Waals surface area contributed by atoms with Crippen molar-refractivity contribution in [1.29, 1.82) is 0 Å². The van der Waals surface area contributed by atoms with Crippen LogP contribution in [0.2, 0.25) is 0 Å². The molecule has 0 saturated carbocycles. The summed E-state index contributed by atoms with van der Waals surface area (Å²) in [4.78, 5) is 10.2. The summed E-state index contributed by atoms with van der Waals surface area (Å²) in [5, 5.41) is 14.0. The molecule has 8 nitrogen and oxygen atoms in total. The third kappa shape index (κ3) is 5.29. The number of rotatable bonds is 9. The number of ether oxygens (including phenoxy) is 1. The van der Waals surface area contributed by atoms with Gasteiger partial charge in [0.15, 0.2) is 0 Å². The second kappa shape index (κ2) is 8.53. The molecule has 0 fully saturated rings. The predicted molar refractivity (Wildman–Crippen MR) is 85.5 cm³/mol. The van der Waals surface area contributed by atoms with Gasteiger partial charge in [0.1, 0.15) is 0 Å². The van der Waals surface area contributed by atoms with Gasteiger partial charge in [-0.3, -0.25) is 10.1 Å². The molecule has 0 atom stereocenters. The zero-order valence-electron chi connectivity index (χ0n) is 12.3. The third-order valence-electron chi connectivity index (χ3n) is 2.87. The van der Waals surface area contributed by atoms with Crippen LogP contribution in [0.1, 0.15) is 5.56 Å². The number of sulfonamides is 1. The number of hydrogen-bond donors (Lipinski definition) is 2. The van der Waals surface area contributed by atoms with Crippen molar-refractivity contribution in [2.75, 3.05) is 33.4 Å². The Morgan fingerprint density at radius 2 is 2.00 bits per heavy atom. The largest absolute Gasteiger partial charge is 0.383 e. The van der Waals surface area contributed by atoms with Gasteiger partial charge in [-0.2, -0.15) is 0 Å². The summed E-state index contributed by atoms with van der Waals surface area (Å²) in [6, 6.07) is 2.41. The van der Waals surface area contributed by atoms with Gasteiger partial charge >= 0.3 is 0 Å². The summed E-state index contributed by atoms with van der Waals surface area (Å²) in [5.41, 5.74) is 0.137. The summed E-state index contributed by atoms with van der Waals surface area (Å²) in [6.45, 7) is 3.29. The lowest BCUT2D eigenvalue weighted by molar-refractivity contribution is -0.385. The molecule has 0 bridgehead atoms. The normalized spacial score (nSPS) is 11.6. The van der Waals surface area contributed by atoms with Crippen molar-refractivity contribution in [2.24, 2.45) is 0 Å². The van der Waals surface area contributed by atoms with Crippen molar-refractivity contribution < 1.29 is 18.1 Å². The quantitative estimate of drug-likeness (QED) is 0.369. The Morgan fingerprint density at radius 1 is 1.32 bits per heavy atom. The lowest BCUT2D eigenvalue weighted by Crippen LogP contribution is -2.33. The SMILES string of the molecule is COCCNCCNS(=O)(=O)c1cc(Br)c(C)c([N+](=O)[O-])c1. The number of benzene rings is 1. The Morgan fingerprint density at radius 3 is 2.59 bits per heavy atom. The number of nitrogens with one attached hydrogen (secondary N) is 2. The molecule has 0 spiro atoms. The first-order chi connectivity index (χ1) is 10.3. The number of hydrogen-bond acceptors (Lipinski definition) is 6. The Balaban J connectivity index is 2.79. The molecule has 0 radical (unpaired) electrons. The van der Waals surface area contributed by atoms with Crippen LogP contribution in [0.15, 0.2) is 21.5 Å². The minimum absolute atomic E-state index is 0.145. The summed E-state index contributed by atoms with van der Waals surface area (Å²) in [7, 11) is -2.23. The molecule has 10 heteroatoms. The molecule has 0 heterocycles. The van der Waals surface area contributed by atoms with Crippen molar-refractivity contribution in [3.05, 3.63) is 32.3 Å². The Labute approximate surface area is 137 Å². The van der Waals surface area contributed by atoms with Crippen molar-refractivity contribution in [2.45, 2.75) is 11.8 Å². The van der Waals surface area contributed by atoms with Gasteiger partial charge in [0.2, 0.25) is 10.0 Å². The van der Waals surface area contributed by atoms with Gasteiger partial charge in [-0.1, -0.05) is 15.9 Å². The molecule has 1 aromatic carbocycles. The maximum Gasteiger partial charge on any atom is 0.274 e. The van der Waals surface area contributed by atoms with Gasteiger partial charge in [0.05, 0.1) is 16.4 Å². The van der Waals surface area contributed by atoms with E-state index in [2.05, 4.69) is 26.0 Å². The fourth-order valence-electron chi connectivity index (χ4n) is 1.64. The van der Waals surface area contributed by atoms with Crippen LogP contribution in [-0.4, -0.2) is 46.7 Å². The van der Waals surface area contributed by atoms with Gasteiger partial charge in [-0.05, 0) is 13.0 Å². The first kappa shape index (κ1) is 19.0. The maximum atomic E-state index is 12.2. The van der Waals surface area contributed by atoms with E-state index in [4.69, 9.17) is 4.74 Å². The molecule has 1 rings (SSSR count). The number of halogens is 1. The smallest absolute Gasteiger partial charge is 0.274 e. The molecule has 22 heavy (non-hydrogen) atoms. The number of nitro benzene ring substituents is 1. The fourth-order valence-corrected chi connectivity index (χ4v) is 3.32. The van der Waals surface area contributed by atoms with Crippen LogP contribution >= 0.6 is 15.9 Å². The maximum absolute atomic E-state index is 12.2. The lowest BCUT2D eigenvalue weighted by Gasteiger charge is -2.09. The van der Waals surface area contributed by atoms with E-state index < -0.39 is 14.9 Å². The molecule has 1 aromatic rings. The first-order valence-electron chi connectivity index (χ1n) is 6.43. The van der Waals surface area contributed by atoms with Crippen molar-refractivity contribution >= 4 is 31.6 Å². The number of methoxy groups -OCH3 is 1. The Kier molecular flexibility index (Phi) is 7.36. The van der Waals surface area contributed by atoms with E-state index in [0.29, 0.717) is 29.7 Å². The second-order valence-electron chi connectivity index (χ2n) is 4.45. The minimum Gasteiger partial charge on any atom is -0.383 e. The first-order valence-corrected chi connectivity index (χ1v) is 8.71. The van der Waals surface area contributed by atoms with E-state index >= 15 is 0 Å². The standard InChI is InChI=1S/C12H18BrN3O5S/c1-9-11(13)7-10(8-12(9)16(17)18)22(19,20)15-4-3-14-5-6-21-2/h7-8,14-15H,3-6H2,1-2H3. The molecular weight excluding hydrogens is 378 g/mol. The van der Waals surface area contributed by atoms with Gasteiger partial charge in [0.25, 0.3) is 5.69 Å². The third-order valence-corrected chi connectivity index (χ3v) is 5.14. The average molecular weight is 396 g/mol. The predicted octanol–water partition coefficient (Wildman–Crippen LogP) is 1.18. The van der Waals surface area contributed by atoms with Crippen molar-refractivity contribution in [3.8, 4) is 0 Å². The molecule has 0 saturated heterocycles. The lowest BCUT2D eigenvalue weighted by atomic mass is 10.2. The molecule has 0 aliphatic heterocycles. The van der Waals surface area contributed by atoms with E-state index in [9.17, 15) is 18.5 Å². The highest BCUT2D eigenvalue weighted by Gasteiger charge is 2.21. The van der Waals surface area contributed by atoms with E-state index in [1.165, 1.54) is 6.07 Å². The van der Waals surface area contributed by atoms with E-state index in [-0.39, 0.29) is 17.1 Å². The molecule has 0 aliphatic rings. The van der Waals surface area contributed by atoms with E-state index in [0.717, 1.165) is 6.07 Å². The zero-order valence-corrected chi connectivity index (χ0v) is 14.7. The molecule has 0 unspecified atom stereocenters. The number of nitro groups is 1. The molecular formula is C12H18BrN3O5S. The molecule has 124 valence electrons. The van der Waals surface area contributed by atoms with Gasteiger partial charge < -0.3 is 10.1 Å². The summed E-state index contributed by atoms with van der Waals surface area (Å²) in [5.74, 6) is 0. The second-order valence-corrected chi connectivity index (χ2v) is 7.07. The summed E-state index contributed by atoms with van der Waals surface area (Å²) >= 11 is 3.15. The fraction of sp³-hybridized carbons (Fsp3) is 0.500. The molecule has 0 aromatic heterocycles. The number of nitrogens with zero attached hydrogens (tertiary/aromatic N) is 1. The molecule has 0 amide bonds. The van der Waals surface area contributed by atoms with E-state index in [1.807, 2.05) is 0 Å². The Bertz CT molecular complexity index is 636. The van der Waals surface area contributed by atoms with Gasteiger partial charge in [0, 0.05) is 42.8 Å². The van der Waals surface area contributed by atoms with E-state index in [1.54, 1.807) is 14.0 Å².